The van der Waals surface area contributed by atoms with Crippen molar-refractivity contribution in [2.45, 2.75) is 6.42 Å². The van der Waals surface area contributed by atoms with Gasteiger partial charge in [0.05, 0.1) is 30.4 Å². The highest BCUT2D eigenvalue weighted by atomic mass is 32.2. The Morgan fingerprint density at radius 2 is 2.06 bits per heavy atom. The molecule has 2 aromatic rings. The Morgan fingerprint density at radius 1 is 1.29 bits per heavy atom. The summed E-state index contributed by atoms with van der Waals surface area (Å²) in [4.78, 5) is 30.9. The number of hydrogen-bond acceptors (Lipinski definition) is 7. The van der Waals surface area contributed by atoms with Crippen molar-refractivity contribution >= 4 is 40.6 Å². The van der Waals surface area contributed by atoms with Gasteiger partial charge in [-0.1, -0.05) is 12.1 Å². The summed E-state index contributed by atoms with van der Waals surface area (Å²) in [6.45, 7) is 3.70. The zero-order valence-corrected chi connectivity index (χ0v) is 18.2. The molecule has 0 atom stereocenters. The summed E-state index contributed by atoms with van der Waals surface area (Å²) in [7, 11) is 4.43. The number of phenolic OH excluding ortho intramolecular Hbond substituents is 1. The number of phenols is 1. The van der Waals surface area contributed by atoms with Gasteiger partial charge in [-0.15, -0.1) is 6.58 Å². The number of carbonyl (C=O) groups is 2. The molecule has 2 aromatic carbocycles. The molecule has 1 N–H and O–H groups in total. The number of amides is 1. The Bertz CT molecular complexity index is 1110. The molecule has 1 heterocycles. The summed E-state index contributed by atoms with van der Waals surface area (Å²) in [6.07, 6.45) is 3.87. The number of amidine groups is 1. The van der Waals surface area contributed by atoms with Crippen LogP contribution in [0.4, 0.5) is 5.69 Å². The smallest absolute Gasteiger partial charge is 0.337 e. The van der Waals surface area contributed by atoms with Crippen molar-refractivity contribution in [3.05, 3.63) is 70.6 Å². The number of carbonyl (C=O) groups excluding carboxylic acids is 2. The number of esters is 1. The average molecular weight is 439 g/mol. The summed E-state index contributed by atoms with van der Waals surface area (Å²) < 4.78 is 9.98. The lowest BCUT2D eigenvalue weighted by Crippen LogP contribution is -2.23. The number of thioether (sulfide) groups is 1. The largest absolute Gasteiger partial charge is 0.504 e. The fourth-order valence-electron chi connectivity index (χ4n) is 2.97. The summed E-state index contributed by atoms with van der Waals surface area (Å²) in [5.74, 6) is -0.281. The van der Waals surface area contributed by atoms with Crippen LogP contribution in [0.2, 0.25) is 0 Å². The predicted octanol–water partition coefficient (Wildman–Crippen LogP) is 4.15. The fourth-order valence-corrected chi connectivity index (χ4v) is 3.96. The van der Waals surface area contributed by atoms with E-state index in [4.69, 9.17) is 9.47 Å². The first-order valence-corrected chi connectivity index (χ1v) is 10.1. The molecule has 3 rings (SSSR count). The highest BCUT2D eigenvalue weighted by Gasteiger charge is 2.30. The van der Waals surface area contributed by atoms with Crippen molar-refractivity contribution in [1.29, 1.82) is 0 Å². The minimum Gasteiger partial charge on any atom is -0.504 e. The Hall–Kier alpha value is -3.52. The molecule has 0 unspecified atom stereocenters. The van der Waals surface area contributed by atoms with E-state index in [1.54, 1.807) is 55.6 Å². The highest BCUT2D eigenvalue weighted by Crippen LogP contribution is 2.36. The first-order valence-electron chi connectivity index (χ1n) is 9.33. The van der Waals surface area contributed by atoms with E-state index in [0.29, 0.717) is 44.6 Å². The zero-order valence-electron chi connectivity index (χ0n) is 17.4. The van der Waals surface area contributed by atoms with E-state index in [1.807, 2.05) is 0 Å². The van der Waals surface area contributed by atoms with E-state index >= 15 is 0 Å². The number of aliphatic imine (C=N–C) groups is 1. The van der Waals surface area contributed by atoms with Crippen LogP contribution in [0.25, 0.3) is 6.08 Å². The van der Waals surface area contributed by atoms with Crippen molar-refractivity contribution in [3.8, 4) is 11.5 Å². The Kier molecular flexibility index (Phi) is 6.81. The second-order valence-electron chi connectivity index (χ2n) is 6.63. The summed E-state index contributed by atoms with van der Waals surface area (Å²) in [6, 6.07) is 10.1. The lowest BCUT2D eigenvalue weighted by molar-refractivity contribution is -0.121. The predicted molar refractivity (Wildman–Crippen MR) is 122 cm³/mol. The zero-order chi connectivity index (χ0) is 22.5. The third-order valence-electron chi connectivity index (χ3n) is 4.55. The standard InChI is InChI=1S/C23H22N2O5S/c1-5-7-15-10-14(11-18(29-3)20(15)26)12-19-21(27)25(2)23(31-19)24-17-9-6-8-16(13-17)22(28)30-4/h5-6,8-13,26H,1,7H2,2-4H3. The molecular weight excluding hydrogens is 416 g/mol. The van der Waals surface area contributed by atoms with Crippen molar-refractivity contribution < 1.29 is 24.2 Å². The van der Waals surface area contributed by atoms with Crippen LogP contribution in [-0.4, -0.2) is 48.3 Å². The number of aromatic hydroxyl groups is 1. The minimum absolute atomic E-state index is 0.0554. The van der Waals surface area contributed by atoms with Crippen LogP contribution >= 0.6 is 11.8 Å². The number of methoxy groups -OCH3 is 2. The number of hydrogen-bond donors (Lipinski definition) is 1. The molecular formula is C23H22N2O5S. The SMILES string of the molecule is C=CCc1cc(C=C2SC(=Nc3cccc(C(=O)OC)c3)N(C)C2=O)cc(OC)c1O. The Labute approximate surface area is 184 Å². The second-order valence-corrected chi connectivity index (χ2v) is 7.64. The van der Waals surface area contributed by atoms with Crippen LogP contribution in [0.15, 0.2) is 59.0 Å². The molecule has 160 valence electrons. The summed E-state index contributed by atoms with van der Waals surface area (Å²) >= 11 is 1.22. The first-order chi connectivity index (χ1) is 14.9. The molecule has 1 aliphatic rings. The number of likely N-dealkylation sites (N-methyl/N-ethyl adjacent to an activating group) is 1. The van der Waals surface area contributed by atoms with Gasteiger partial charge in [-0.25, -0.2) is 9.79 Å². The van der Waals surface area contributed by atoms with Crippen LogP contribution in [0.1, 0.15) is 21.5 Å². The molecule has 1 saturated heterocycles. The minimum atomic E-state index is -0.456. The number of allylic oxidation sites excluding steroid dienone is 1. The molecule has 1 fully saturated rings. The van der Waals surface area contributed by atoms with Gasteiger partial charge < -0.3 is 14.6 Å². The van der Waals surface area contributed by atoms with Crippen LogP contribution in [0.3, 0.4) is 0 Å². The van der Waals surface area contributed by atoms with Crippen LogP contribution in [0, 0.1) is 0 Å². The van der Waals surface area contributed by atoms with Crippen molar-refractivity contribution in [3.63, 3.8) is 0 Å². The maximum Gasteiger partial charge on any atom is 0.337 e. The van der Waals surface area contributed by atoms with Gasteiger partial charge in [0.15, 0.2) is 16.7 Å². The van der Waals surface area contributed by atoms with Gasteiger partial charge >= 0.3 is 5.97 Å². The molecule has 0 aliphatic carbocycles. The third-order valence-corrected chi connectivity index (χ3v) is 5.61. The lowest BCUT2D eigenvalue weighted by Gasteiger charge is -2.09. The van der Waals surface area contributed by atoms with Gasteiger partial charge in [0.25, 0.3) is 5.91 Å². The number of ether oxygens (including phenoxy) is 2. The third kappa shape index (κ3) is 4.80. The molecule has 8 heteroatoms. The quantitative estimate of drug-likeness (QED) is 0.414. The number of rotatable bonds is 6. The van der Waals surface area contributed by atoms with Crippen molar-refractivity contribution in [2.24, 2.45) is 4.99 Å². The van der Waals surface area contributed by atoms with Crippen LogP contribution in [0.5, 0.6) is 11.5 Å². The second kappa shape index (κ2) is 9.53. The molecule has 0 spiro atoms. The van der Waals surface area contributed by atoms with Crippen molar-refractivity contribution in [2.75, 3.05) is 21.3 Å². The molecule has 1 amide bonds. The van der Waals surface area contributed by atoms with Gasteiger partial charge in [-0.05, 0) is 60.2 Å². The fraction of sp³-hybridized carbons (Fsp3) is 0.174. The molecule has 1 aliphatic heterocycles. The summed E-state index contributed by atoms with van der Waals surface area (Å²) in [5.41, 5.74) is 2.28. The van der Waals surface area contributed by atoms with Gasteiger partial charge in [-0.2, -0.15) is 0 Å². The molecule has 7 nitrogen and oxygen atoms in total. The monoisotopic (exact) mass is 438 g/mol. The summed E-state index contributed by atoms with van der Waals surface area (Å²) in [5, 5.41) is 10.7. The van der Waals surface area contributed by atoms with Gasteiger partial charge in [0, 0.05) is 12.6 Å². The molecule has 31 heavy (non-hydrogen) atoms. The highest BCUT2D eigenvalue weighted by molar-refractivity contribution is 8.18. The Balaban J connectivity index is 1.94. The maximum absolute atomic E-state index is 12.7. The Morgan fingerprint density at radius 3 is 2.74 bits per heavy atom. The molecule has 0 radical (unpaired) electrons. The van der Waals surface area contributed by atoms with Gasteiger partial charge in [0.1, 0.15) is 0 Å². The van der Waals surface area contributed by atoms with E-state index in [-0.39, 0.29) is 11.7 Å². The van der Waals surface area contributed by atoms with Crippen LogP contribution < -0.4 is 4.74 Å². The van der Waals surface area contributed by atoms with E-state index < -0.39 is 5.97 Å². The van der Waals surface area contributed by atoms with Crippen LogP contribution in [-0.2, 0) is 16.0 Å². The number of nitrogens with zero attached hydrogens (tertiary/aromatic N) is 2. The van der Waals surface area contributed by atoms with Gasteiger partial charge in [0.2, 0.25) is 0 Å². The maximum atomic E-state index is 12.7. The van der Waals surface area contributed by atoms with E-state index in [1.165, 1.54) is 30.9 Å². The molecule has 0 aromatic heterocycles. The lowest BCUT2D eigenvalue weighted by atomic mass is 10.1. The average Bonchev–Trinajstić information content (AvgIpc) is 3.03. The first kappa shape index (κ1) is 22.2. The van der Waals surface area contributed by atoms with Gasteiger partial charge in [-0.3, -0.25) is 9.69 Å². The normalized spacial score (nSPS) is 16.1. The number of benzene rings is 2. The molecule has 0 bridgehead atoms. The van der Waals surface area contributed by atoms with E-state index in [9.17, 15) is 14.7 Å². The van der Waals surface area contributed by atoms with E-state index in [2.05, 4.69) is 11.6 Å². The molecule has 0 saturated carbocycles. The van der Waals surface area contributed by atoms with E-state index in [0.717, 1.165) is 0 Å². The van der Waals surface area contributed by atoms with Crippen molar-refractivity contribution in [1.82, 2.24) is 4.90 Å². The topological polar surface area (TPSA) is 88.4 Å².